The van der Waals surface area contributed by atoms with Gasteiger partial charge in [-0.1, -0.05) is 51.1 Å². The number of rotatable bonds is 3. The Morgan fingerprint density at radius 3 is 2.32 bits per heavy atom. The molecule has 2 amide bonds. The molecule has 34 heavy (non-hydrogen) atoms. The minimum absolute atomic E-state index is 0.0986. The molecule has 0 N–H and O–H groups in total. The van der Waals surface area contributed by atoms with E-state index < -0.39 is 40.2 Å². The van der Waals surface area contributed by atoms with Gasteiger partial charge in [0.1, 0.15) is 6.04 Å². The molecular formula is C26H25N3O5. The summed E-state index contributed by atoms with van der Waals surface area (Å²) in [5.74, 6) is -2.47. The number of non-ortho nitro benzene ring substituents is 1. The zero-order valence-corrected chi connectivity index (χ0v) is 19.4. The molecule has 8 heteroatoms. The number of imide groups is 1. The van der Waals surface area contributed by atoms with Crippen LogP contribution in [-0.4, -0.2) is 34.6 Å². The highest BCUT2D eigenvalue weighted by molar-refractivity contribution is 6.25. The Kier molecular flexibility index (Phi) is 4.76. The topological polar surface area (TPSA) is 101 Å². The van der Waals surface area contributed by atoms with Crippen LogP contribution in [0.3, 0.4) is 0 Å². The first-order valence-electron chi connectivity index (χ1n) is 11.2. The predicted molar refractivity (Wildman–Crippen MR) is 127 cm³/mol. The number of hydrogen-bond donors (Lipinski definition) is 0. The van der Waals surface area contributed by atoms with Gasteiger partial charge < -0.3 is 4.90 Å². The first-order valence-corrected chi connectivity index (χ1v) is 11.2. The zero-order chi connectivity index (χ0) is 24.5. The van der Waals surface area contributed by atoms with Crippen molar-refractivity contribution in [1.29, 1.82) is 0 Å². The van der Waals surface area contributed by atoms with Crippen LogP contribution < -0.4 is 9.80 Å². The van der Waals surface area contributed by atoms with Gasteiger partial charge in [0.2, 0.25) is 11.8 Å². The second kappa shape index (κ2) is 7.35. The van der Waals surface area contributed by atoms with Gasteiger partial charge in [-0.25, -0.2) is 4.90 Å². The summed E-state index contributed by atoms with van der Waals surface area (Å²) in [7, 11) is 0. The van der Waals surface area contributed by atoms with E-state index in [9.17, 15) is 24.5 Å². The van der Waals surface area contributed by atoms with Gasteiger partial charge in [-0.05, 0) is 30.2 Å². The van der Waals surface area contributed by atoms with Crippen molar-refractivity contribution in [2.75, 3.05) is 9.80 Å². The van der Waals surface area contributed by atoms with E-state index in [1.165, 1.54) is 18.2 Å². The highest BCUT2D eigenvalue weighted by atomic mass is 16.6. The lowest BCUT2D eigenvalue weighted by atomic mass is 9.79. The van der Waals surface area contributed by atoms with Crippen LogP contribution in [0.5, 0.6) is 0 Å². The number of carbonyl (C=O) groups excluding carboxylic acids is 3. The molecule has 4 atom stereocenters. The van der Waals surface area contributed by atoms with Gasteiger partial charge in [-0.15, -0.1) is 0 Å². The van der Waals surface area contributed by atoms with Gasteiger partial charge in [0.05, 0.1) is 28.5 Å². The number of nitrogens with zero attached hydrogens (tertiary/aromatic N) is 3. The maximum Gasteiger partial charge on any atom is 0.269 e. The van der Waals surface area contributed by atoms with E-state index in [1.807, 2.05) is 62.1 Å². The summed E-state index contributed by atoms with van der Waals surface area (Å²) in [6, 6.07) is 10.5. The quantitative estimate of drug-likeness (QED) is 0.392. The van der Waals surface area contributed by atoms with E-state index in [0.29, 0.717) is 11.3 Å². The van der Waals surface area contributed by atoms with Crippen molar-refractivity contribution in [3.05, 3.63) is 69.8 Å². The molecular weight excluding hydrogens is 434 g/mol. The van der Waals surface area contributed by atoms with Crippen LogP contribution >= 0.6 is 0 Å². The van der Waals surface area contributed by atoms with Gasteiger partial charge >= 0.3 is 0 Å². The number of anilines is 2. The summed E-state index contributed by atoms with van der Waals surface area (Å²) in [5.41, 5.74) is 1.72. The molecule has 0 unspecified atom stereocenters. The summed E-state index contributed by atoms with van der Waals surface area (Å²) >= 11 is 0. The Balaban J connectivity index is 1.64. The third-order valence-corrected chi connectivity index (χ3v) is 7.05. The predicted octanol–water partition coefficient (Wildman–Crippen LogP) is 3.91. The molecule has 2 fully saturated rings. The largest absolute Gasteiger partial charge is 0.353 e. The number of fused-ring (bicyclic) bond motifs is 5. The lowest BCUT2D eigenvalue weighted by molar-refractivity contribution is -0.384. The smallest absolute Gasteiger partial charge is 0.269 e. The second-order valence-electron chi connectivity index (χ2n) is 10.2. The van der Waals surface area contributed by atoms with Gasteiger partial charge in [-0.3, -0.25) is 24.5 Å². The van der Waals surface area contributed by atoms with Crippen molar-refractivity contribution in [3.8, 4) is 0 Å². The fourth-order valence-corrected chi connectivity index (χ4v) is 5.50. The molecule has 2 saturated heterocycles. The molecule has 174 valence electrons. The monoisotopic (exact) mass is 459 g/mol. The standard InChI is InChI=1S/C26H25N3O5/c1-14-13-16(29(33)34)10-12-17(14)28-24(31)20-19-11-9-15-7-5-6-8-18(15)27(19)22(21(20)25(28)32)23(30)26(2,3)4/h5-13,19-22H,1-4H3/t19-,20-,21-,22+/m0/s1. The number of nitro groups is 1. The van der Waals surface area contributed by atoms with Crippen LogP contribution in [-0.2, 0) is 14.4 Å². The molecule has 5 rings (SSSR count). The zero-order valence-electron chi connectivity index (χ0n) is 19.4. The number of nitro benzene ring substituents is 1. The van der Waals surface area contributed by atoms with Crippen LogP contribution in [0.1, 0.15) is 31.9 Å². The molecule has 0 saturated carbocycles. The summed E-state index contributed by atoms with van der Waals surface area (Å²) in [4.78, 5) is 55.0. The molecule has 2 aromatic carbocycles. The number of benzene rings is 2. The maximum absolute atomic E-state index is 13.8. The molecule has 0 radical (unpaired) electrons. The summed E-state index contributed by atoms with van der Waals surface area (Å²) in [5, 5.41) is 11.2. The van der Waals surface area contributed by atoms with Crippen molar-refractivity contribution in [3.63, 3.8) is 0 Å². The first kappa shape index (κ1) is 22.0. The molecule has 2 aromatic rings. The van der Waals surface area contributed by atoms with E-state index in [1.54, 1.807) is 6.92 Å². The minimum Gasteiger partial charge on any atom is -0.353 e. The fourth-order valence-electron chi connectivity index (χ4n) is 5.50. The van der Waals surface area contributed by atoms with Gasteiger partial charge in [0.25, 0.3) is 5.69 Å². The summed E-state index contributed by atoms with van der Waals surface area (Å²) in [6.45, 7) is 7.10. The van der Waals surface area contributed by atoms with Crippen molar-refractivity contribution < 1.29 is 19.3 Å². The number of Topliss-reactive ketones (excluding diaryl/α,β-unsaturated/α-hetero) is 1. The number of ketones is 1. The van der Waals surface area contributed by atoms with Crippen molar-refractivity contribution >= 4 is 40.7 Å². The Morgan fingerprint density at radius 1 is 1.00 bits per heavy atom. The lowest BCUT2D eigenvalue weighted by Crippen LogP contribution is -2.51. The normalized spacial score (nSPS) is 25.3. The average molecular weight is 460 g/mol. The van der Waals surface area contributed by atoms with Crippen LogP contribution in [0, 0.1) is 34.3 Å². The van der Waals surface area contributed by atoms with E-state index in [-0.39, 0.29) is 17.4 Å². The van der Waals surface area contributed by atoms with Crippen LogP contribution in [0.4, 0.5) is 17.1 Å². The van der Waals surface area contributed by atoms with E-state index in [0.717, 1.165) is 16.2 Å². The Hall–Kier alpha value is -3.81. The molecule has 3 heterocycles. The van der Waals surface area contributed by atoms with E-state index >= 15 is 0 Å². The molecule has 0 bridgehead atoms. The third kappa shape index (κ3) is 3.01. The van der Waals surface area contributed by atoms with Gasteiger partial charge in [0, 0.05) is 23.2 Å². The Bertz CT molecular complexity index is 1290. The van der Waals surface area contributed by atoms with Gasteiger partial charge in [-0.2, -0.15) is 0 Å². The molecule has 0 aromatic heterocycles. The Labute approximate surface area is 197 Å². The molecule has 3 aliphatic rings. The number of carbonyl (C=O) groups is 3. The number of para-hydroxylation sites is 1. The van der Waals surface area contributed by atoms with Crippen molar-refractivity contribution in [1.82, 2.24) is 0 Å². The Morgan fingerprint density at radius 2 is 1.68 bits per heavy atom. The van der Waals surface area contributed by atoms with Crippen LogP contribution in [0.2, 0.25) is 0 Å². The van der Waals surface area contributed by atoms with Crippen molar-refractivity contribution in [2.24, 2.45) is 17.3 Å². The number of aryl methyl sites for hydroxylation is 1. The first-order chi connectivity index (χ1) is 16.0. The maximum atomic E-state index is 13.8. The summed E-state index contributed by atoms with van der Waals surface area (Å²) < 4.78 is 0. The lowest BCUT2D eigenvalue weighted by Gasteiger charge is -2.38. The van der Waals surface area contributed by atoms with Crippen LogP contribution in [0.15, 0.2) is 48.5 Å². The van der Waals surface area contributed by atoms with E-state index in [2.05, 4.69) is 0 Å². The minimum atomic E-state index is -0.838. The molecule has 0 spiro atoms. The van der Waals surface area contributed by atoms with Crippen molar-refractivity contribution in [2.45, 2.75) is 39.8 Å². The fraction of sp³-hybridized carbons (Fsp3) is 0.346. The molecule has 3 aliphatic heterocycles. The van der Waals surface area contributed by atoms with E-state index in [4.69, 9.17) is 0 Å². The van der Waals surface area contributed by atoms with Gasteiger partial charge in [0.15, 0.2) is 5.78 Å². The third-order valence-electron chi connectivity index (χ3n) is 7.05. The number of hydrogen-bond acceptors (Lipinski definition) is 6. The average Bonchev–Trinajstić information content (AvgIpc) is 3.25. The highest BCUT2D eigenvalue weighted by Crippen LogP contribution is 2.50. The summed E-state index contributed by atoms with van der Waals surface area (Å²) in [6.07, 6.45) is 3.85. The number of amides is 2. The SMILES string of the molecule is Cc1cc([N+](=O)[O-])ccc1N1C(=O)[C@@H]2[C@H](C1=O)[C@H](C(=O)C(C)(C)C)N1c3ccccc3C=C[C@@H]21. The molecule has 8 nitrogen and oxygen atoms in total. The highest BCUT2D eigenvalue weighted by Gasteiger charge is 2.65. The van der Waals surface area contributed by atoms with Crippen LogP contribution in [0.25, 0.3) is 6.08 Å². The second-order valence-corrected chi connectivity index (χ2v) is 10.2. The molecule has 0 aliphatic carbocycles.